The van der Waals surface area contributed by atoms with E-state index in [4.69, 9.17) is 4.74 Å². The summed E-state index contributed by atoms with van der Waals surface area (Å²) in [6.07, 6.45) is 0. The van der Waals surface area contributed by atoms with E-state index >= 15 is 0 Å². The van der Waals surface area contributed by atoms with Crippen LogP contribution in [0.15, 0.2) is 29.4 Å². The number of ketones is 1. The van der Waals surface area contributed by atoms with Gasteiger partial charge in [0.25, 0.3) is 0 Å². The molecule has 0 atom stereocenters. The van der Waals surface area contributed by atoms with Crippen LogP contribution in [0.3, 0.4) is 0 Å². The molecule has 1 aliphatic heterocycles. The predicted octanol–water partition coefficient (Wildman–Crippen LogP) is 3.39. The summed E-state index contributed by atoms with van der Waals surface area (Å²) in [5.41, 5.74) is 2.99. The second-order valence-electron chi connectivity index (χ2n) is 7.47. The second kappa shape index (κ2) is 9.32. The molecular weight excluding hydrogens is 398 g/mol. The number of aryl methyl sites for hydroxylation is 1. The number of hydrogen-bond acceptors (Lipinski definition) is 6. The molecule has 0 N–H and O–H groups in total. The van der Waals surface area contributed by atoms with Gasteiger partial charge < -0.3 is 13.9 Å². The van der Waals surface area contributed by atoms with Gasteiger partial charge in [0.05, 0.1) is 25.5 Å². The molecule has 30 heavy (non-hydrogen) atoms. The van der Waals surface area contributed by atoms with Crippen molar-refractivity contribution >= 4 is 28.4 Å². The van der Waals surface area contributed by atoms with Crippen molar-refractivity contribution < 1.29 is 9.53 Å². The molecule has 1 aliphatic rings. The van der Waals surface area contributed by atoms with Gasteiger partial charge >= 0.3 is 0 Å². The summed E-state index contributed by atoms with van der Waals surface area (Å²) in [4.78, 5) is 15.5. The molecule has 2 aromatic heterocycles. The number of morpholine rings is 1. The topological polar surface area (TPSA) is 65.2 Å². The lowest BCUT2D eigenvalue weighted by Gasteiger charge is -2.26. The van der Waals surface area contributed by atoms with Gasteiger partial charge in [0.15, 0.2) is 10.9 Å². The summed E-state index contributed by atoms with van der Waals surface area (Å²) < 4.78 is 9.76. The summed E-state index contributed by atoms with van der Waals surface area (Å²) in [5, 5.41) is 10.6. The number of thioether (sulfide) groups is 1. The fraction of sp³-hybridized carbons (Fsp3) is 0.500. The van der Waals surface area contributed by atoms with Gasteiger partial charge in [0.2, 0.25) is 0 Å². The molecule has 4 rings (SSSR count). The van der Waals surface area contributed by atoms with E-state index in [1.54, 1.807) is 0 Å². The highest BCUT2D eigenvalue weighted by Gasteiger charge is 2.21. The first kappa shape index (κ1) is 21.1. The largest absolute Gasteiger partial charge is 0.379 e. The quantitative estimate of drug-likeness (QED) is 0.406. The Morgan fingerprint density at radius 2 is 1.83 bits per heavy atom. The molecule has 7 nitrogen and oxygen atoms in total. The van der Waals surface area contributed by atoms with Gasteiger partial charge in [0, 0.05) is 48.3 Å². The van der Waals surface area contributed by atoms with Crippen LogP contribution in [0.1, 0.15) is 35.7 Å². The van der Waals surface area contributed by atoms with Crippen LogP contribution in [-0.4, -0.2) is 62.1 Å². The maximum absolute atomic E-state index is 13.2. The highest BCUT2D eigenvalue weighted by atomic mass is 32.2. The van der Waals surface area contributed by atoms with Gasteiger partial charge in [-0.1, -0.05) is 30.0 Å². The third kappa shape index (κ3) is 4.04. The molecule has 8 heteroatoms. The van der Waals surface area contributed by atoms with Gasteiger partial charge in [-0.25, -0.2) is 0 Å². The zero-order valence-corrected chi connectivity index (χ0v) is 18.7. The van der Waals surface area contributed by atoms with Crippen LogP contribution in [0, 0.1) is 6.92 Å². The van der Waals surface area contributed by atoms with E-state index in [0.717, 1.165) is 79.1 Å². The van der Waals surface area contributed by atoms with E-state index in [1.807, 2.05) is 25.1 Å². The van der Waals surface area contributed by atoms with E-state index in [9.17, 15) is 4.79 Å². The summed E-state index contributed by atoms with van der Waals surface area (Å²) in [6, 6.07) is 8.15. The summed E-state index contributed by atoms with van der Waals surface area (Å²) in [6.45, 7) is 12.0. The van der Waals surface area contributed by atoms with Crippen LogP contribution < -0.4 is 0 Å². The Morgan fingerprint density at radius 3 is 2.57 bits per heavy atom. The van der Waals surface area contributed by atoms with Gasteiger partial charge in [-0.3, -0.25) is 9.69 Å². The minimum Gasteiger partial charge on any atom is -0.379 e. The normalized spacial score (nSPS) is 15.2. The van der Waals surface area contributed by atoms with Crippen LogP contribution in [0.5, 0.6) is 0 Å². The molecule has 0 radical (unpaired) electrons. The van der Waals surface area contributed by atoms with Crippen molar-refractivity contribution in [1.82, 2.24) is 24.2 Å². The molecule has 160 valence electrons. The van der Waals surface area contributed by atoms with Gasteiger partial charge in [-0.05, 0) is 26.8 Å². The smallest absolute Gasteiger partial charge is 0.191 e. The lowest BCUT2D eigenvalue weighted by molar-refractivity contribution is 0.0325. The number of benzene rings is 1. The van der Waals surface area contributed by atoms with E-state index in [-0.39, 0.29) is 5.78 Å². The van der Waals surface area contributed by atoms with E-state index in [1.165, 1.54) is 11.8 Å². The maximum Gasteiger partial charge on any atom is 0.191 e. The van der Waals surface area contributed by atoms with Gasteiger partial charge in [0.1, 0.15) is 5.82 Å². The molecule has 0 bridgehead atoms. The van der Waals surface area contributed by atoms with E-state index in [0.29, 0.717) is 5.75 Å². The average Bonchev–Trinajstić information content (AvgIpc) is 3.29. The predicted molar refractivity (Wildman–Crippen MR) is 119 cm³/mol. The van der Waals surface area contributed by atoms with Crippen molar-refractivity contribution in [2.45, 2.75) is 45.6 Å². The fourth-order valence-electron chi connectivity index (χ4n) is 4.21. The monoisotopic (exact) mass is 427 g/mol. The minimum absolute atomic E-state index is 0.140. The standard InChI is InChI=1S/C22H29N5O2S/c1-4-26-16(3)21(17-8-6-7-9-18(17)26)19(28)15-30-22-24-23-20(27(22)5-2)14-25-10-12-29-13-11-25/h6-9H,4-5,10-15H2,1-3H3. The van der Waals surface area contributed by atoms with E-state index < -0.39 is 0 Å². The summed E-state index contributed by atoms with van der Waals surface area (Å²) in [5.74, 6) is 1.45. The third-order valence-corrected chi connectivity index (χ3v) is 6.70. The number of Topliss-reactive ketones (excluding diaryl/α,β-unsaturated/α-hetero) is 1. The van der Waals surface area contributed by atoms with Crippen molar-refractivity contribution in [2.24, 2.45) is 0 Å². The van der Waals surface area contributed by atoms with Gasteiger partial charge in [-0.15, -0.1) is 10.2 Å². The lowest BCUT2D eigenvalue weighted by Crippen LogP contribution is -2.36. The Hall–Kier alpha value is -2.16. The van der Waals surface area contributed by atoms with Crippen molar-refractivity contribution in [3.8, 4) is 0 Å². The molecule has 0 aliphatic carbocycles. The maximum atomic E-state index is 13.2. The first-order chi connectivity index (χ1) is 14.6. The Balaban J connectivity index is 1.51. The zero-order valence-electron chi connectivity index (χ0n) is 17.9. The fourth-order valence-corrected chi connectivity index (χ4v) is 5.11. The highest BCUT2D eigenvalue weighted by molar-refractivity contribution is 7.99. The van der Waals surface area contributed by atoms with Crippen molar-refractivity contribution in [1.29, 1.82) is 0 Å². The summed E-state index contributed by atoms with van der Waals surface area (Å²) in [7, 11) is 0. The molecular formula is C22H29N5O2S. The van der Waals surface area contributed by atoms with Crippen molar-refractivity contribution in [2.75, 3.05) is 32.1 Å². The molecule has 1 aromatic carbocycles. The van der Waals surface area contributed by atoms with E-state index in [2.05, 4.69) is 44.1 Å². The van der Waals surface area contributed by atoms with Crippen molar-refractivity contribution in [3.05, 3.63) is 41.3 Å². The Morgan fingerprint density at radius 1 is 1.10 bits per heavy atom. The molecule has 0 spiro atoms. The number of nitrogens with zero attached hydrogens (tertiary/aromatic N) is 5. The average molecular weight is 428 g/mol. The molecule has 0 saturated carbocycles. The van der Waals surface area contributed by atoms with Crippen LogP contribution >= 0.6 is 11.8 Å². The Labute approximate surface area is 181 Å². The summed E-state index contributed by atoms with van der Waals surface area (Å²) >= 11 is 1.48. The van der Waals surface area contributed by atoms with Crippen LogP contribution in [-0.2, 0) is 24.4 Å². The van der Waals surface area contributed by atoms with Crippen LogP contribution in [0.2, 0.25) is 0 Å². The SMILES string of the molecule is CCn1c(CN2CCOCC2)nnc1SCC(=O)c1c(C)n(CC)c2ccccc12. The number of rotatable bonds is 8. The number of carbonyl (C=O) groups excluding carboxylic acids is 1. The third-order valence-electron chi connectivity index (χ3n) is 5.74. The number of ether oxygens (including phenoxy) is 1. The van der Waals surface area contributed by atoms with Gasteiger partial charge in [-0.2, -0.15) is 0 Å². The highest BCUT2D eigenvalue weighted by Crippen LogP contribution is 2.28. The van der Waals surface area contributed by atoms with Crippen LogP contribution in [0.25, 0.3) is 10.9 Å². The van der Waals surface area contributed by atoms with Crippen LogP contribution in [0.4, 0.5) is 0 Å². The molecule has 0 amide bonds. The molecule has 3 aromatic rings. The first-order valence-corrected chi connectivity index (χ1v) is 11.6. The molecule has 1 fully saturated rings. The molecule has 3 heterocycles. The Kier molecular flexibility index (Phi) is 6.55. The Bertz CT molecular complexity index is 1040. The number of para-hydroxylation sites is 1. The second-order valence-corrected chi connectivity index (χ2v) is 8.41. The number of carbonyl (C=O) groups is 1. The van der Waals surface area contributed by atoms with Crippen molar-refractivity contribution in [3.63, 3.8) is 0 Å². The first-order valence-electron chi connectivity index (χ1n) is 10.6. The minimum atomic E-state index is 0.140. The number of aromatic nitrogens is 4. The molecule has 0 unspecified atom stereocenters. The zero-order chi connectivity index (χ0) is 21.1. The molecule has 1 saturated heterocycles. The lowest BCUT2D eigenvalue weighted by atomic mass is 10.1. The number of hydrogen-bond donors (Lipinski definition) is 0. The number of fused-ring (bicyclic) bond motifs is 1.